The molecule has 6 nitrogen and oxygen atoms in total. The maximum absolute atomic E-state index is 12.6. The lowest BCUT2D eigenvalue weighted by Gasteiger charge is -2.13. The van der Waals surface area contributed by atoms with Crippen LogP contribution in [0, 0.1) is 0 Å². The molecular weight excluding hydrogens is 364 g/mol. The monoisotopic (exact) mass is 388 g/mol. The molecular formula is C23H24N4O2. The third-order valence-electron chi connectivity index (χ3n) is 5.26. The van der Waals surface area contributed by atoms with Gasteiger partial charge in [-0.05, 0) is 59.5 Å². The molecule has 0 aromatic heterocycles. The molecule has 1 heterocycles. The molecule has 29 heavy (non-hydrogen) atoms. The van der Waals surface area contributed by atoms with E-state index in [9.17, 15) is 4.79 Å². The van der Waals surface area contributed by atoms with E-state index in [1.165, 1.54) is 16.3 Å². The third-order valence-corrected chi connectivity index (χ3v) is 5.26. The quantitative estimate of drug-likeness (QED) is 0.463. The Morgan fingerprint density at radius 1 is 1.03 bits per heavy atom. The number of ether oxygens (including phenoxy) is 1. The predicted octanol–water partition coefficient (Wildman–Crippen LogP) is 3.30. The molecule has 2 unspecified atom stereocenters. The number of amides is 1. The maximum Gasteiger partial charge on any atom is 0.258 e. The van der Waals surface area contributed by atoms with Crippen molar-refractivity contribution < 1.29 is 9.53 Å². The molecule has 3 N–H and O–H groups in total. The number of hydrogen-bond donors (Lipinski definition) is 3. The number of rotatable bonds is 5. The number of carbonyl (C=O) groups is 1. The van der Waals surface area contributed by atoms with Crippen molar-refractivity contribution >= 4 is 22.4 Å². The zero-order valence-corrected chi connectivity index (χ0v) is 16.5. The Morgan fingerprint density at radius 2 is 1.79 bits per heavy atom. The van der Waals surface area contributed by atoms with Gasteiger partial charge in [0, 0.05) is 6.04 Å². The van der Waals surface area contributed by atoms with Crippen LogP contribution in [0.15, 0.2) is 71.8 Å². The molecule has 6 heteroatoms. The minimum absolute atomic E-state index is 0.0588. The summed E-state index contributed by atoms with van der Waals surface area (Å²) < 4.78 is 5.16. The first-order chi connectivity index (χ1) is 14.2. The molecule has 1 aliphatic rings. The second kappa shape index (κ2) is 8.43. The Balaban J connectivity index is 1.41. The highest BCUT2D eigenvalue weighted by molar-refractivity contribution is 5.99. The molecule has 148 valence electrons. The van der Waals surface area contributed by atoms with E-state index in [1.54, 1.807) is 7.11 Å². The van der Waals surface area contributed by atoms with E-state index in [1.807, 2.05) is 43.3 Å². The first-order valence-corrected chi connectivity index (χ1v) is 9.63. The normalized spacial score (nSPS) is 19.3. The van der Waals surface area contributed by atoms with Crippen LogP contribution in [0.2, 0.25) is 0 Å². The van der Waals surface area contributed by atoms with Crippen LogP contribution in [0.5, 0.6) is 5.75 Å². The van der Waals surface area contributed by atoms with E-state index in [4.69, 9.17) is 4.74 Å². The van der Waals surface area contributed by atoms with Crippen molar-refractivity contribution in [2.75, 3.05) is 7.11 Å². The molecule has 3 aromatic carbocycles. The SMILES string of the molecule is COc1ccc(/C(C)=N/NC(=O)C2CC(c3cccc4ccccc34)NN2)cc1. The smallest absolute Gasteiger partial charge is 0.258 e. The van der Waals surface area contributed by atoms with Gasteiger partial charge in [-0.1, -0.05) is 42.5 Å². The topological polar surface area (TPSA) is 74.8 Å². The molecule has 1 saturated heterocycles. The van der Waals surface area contributed by atoms with Gasteiger partial charge in [0.1, 0.15) is 11.8 Å². The second-order valence-electron chi connectivity index (χ2n) is 7.10. The molecule has 4 rings (SSSR count). The molecule has 1 aliphatic heterocycles. The van der Waals surface area contributed by atoms with Gasteiger partial charge in [0.15, 0.2) is 0 Å². The summed E-state index contributed by atoms with van der Waals surface area (Å²) in [6.07, 6.45) is 0.650. The van der Waals surface area contributed by atoms with Crippen molar-refractivity contribution in [3.63, 3.8) is 0 Å². The van der Waals surface area contributed by atoms with Crippen molar-refractivity contribution in [1.82, 2.24) is 16.3 Å². The highest BCUT2D eigenvalue weighted by Crippen LogP contribution is 2.29. The Kier molecular flexibility index (Phi) is 5.55. The van der Waals surface area contributed by atoms with Gasteiger partial charge in [-0.25, -0.2) is 16.3 Å². The molecule has 2 atom stereocenters. The number of hydrogen-bond acceptors (Lipinski definition) is 5. The van der Waals surface area contributed by atoms with E-state index in [0.29, 0.717) is 6.42 Å². The van der Waals surface area contributed by atoms with E-state index in [-0.39, 0.29) is 18.0 Å². The Hall–Kier alpha value is -3.22. The minimum Gasteiger partial charge on any atom is -0.497 e. The molecule has 3 aromatic rings. The lowest BCUT2D eigenvalue weighted by Crippen LogP contribution is -2.41. The van der Waals surface area contributed by atoms with Gasteiger partial charge in [-0.3, -0.25) is 4.79 Å². The fourth-order valence-electron chi connectivity index (χ4n) is 3.60. The third kappa shape index (κ3) is 4.13. The zero-order valence-electron chi connectivity index (χ0n) is 16.5. The summed E-state index contributed by atoms with van der Waals surface area (Å²) in [5.74, 6) is 0.624. The summed E-state index contributed by atoms with van der Waals surface area (Å²) in [5, 5.41) is 6.64. The zero-order chi connectivity index (χ0) is 20.2. The summed E-state index contributed by atoms with van der Waals surface area (Å²) in [7, 11) is 1.63. The van der Waals surface area contributed by atoms with Gasteiger partial charge < -0.3 is 4.74 Å². The van der Waals surface area contributed by atoms with Crippen LogP contribution in [-0.4, -0.2) is 24.8 Å². The van der Waals surface area contributed by atoms with Gasteiger partial charge in [0.25, 0.3) is 5.91 Å². The van der Waals surface area contributed by atoms with E-state index < -0.39 is 0 Å². The standard InChI is InChI=1S/C23H24N4O2/c1-15(16-10-12-18(29-2)13-11-16)24-27-23(28)22-14-21(25-26-22)20-9-5-7-17-6-3-4-8-19(17)20/h3-13,21-22,25-26H,14H2,1-2H3,(H,27,28)/b24-15+. The van der Waals surface area contributed by atoms with Gasteiger partial charge >= 0.3 is 0 Å². The number of nitrogens with zero attached hydrogens (tertiary/aromatic N) is 1. The van der Waals surface area contributed by atoms with Crippen LogP contribution in [0.25, 0.3) is 10.8 Å². The number of hydrazone groups is 1. The Labute approximate surface area is 169 Å². The molecule has 0 bridgehead atoms. The maximum atomic E-state index is 12.6. The minimum atomic E-state index is -0.355. The highest BCUT2D eigenvalue weighted by Gasteiger charge is 2.30. The fraction of sp³-hybridized carbons (Fsp3) is 0.217. The Bertz CT molecular complexity index is 1040. The average Bonchev–Trinajstić information content (AvgIpc) is 3.27. The summed E-state index contributed by atoms with van der Waals surface area (Å²) >= 11 is 0. The summed E-state index contributed by atoms with van der Waals surface area (Å²) in [6, 6.07) is 21.8. The average molecular weight is 388 g/mol. The molecule has 0 spiro atoms. The number of carbonyl (C=O) groups excluding carboxylic acids is 1. The van der Waals surface area contributed by atoms with E-state index in [2.05, 4.69) is 51.7 Å². The summed E-state index contributed by atoms with van der Waals surface area (Å²) in [6.45, 7) is 1.86. The van der Waals surface area contributed by atoms with Gasteiger partial charge in [0.2, 0.25) is 0 Å². The first-order valence-electron chi connectivity index (χ1n) is 9.63. The summed E-state index contributed by atoms with van der Waals surface area (Å²) in [4.78, 5) is 12.6. The second-order valence-corrected chi connectivity index (χ2v) is 7.10. The van der Waals surface area contributed by atoms with Crippen LogP contribution in [0.3, 0.4) is 0 Å². The lowest BCUT2D eigenvalue weighted by atomic mass is 9.96. The number of nitrogens with one attached hydrogen (secondary N) is 3. The van der Waals surface area contributed by atoms with Crippen molar-refractivity contribution in [1.29, 1.82) is 0 Å². The molecule has 1 amide bonds. The Morgan fingerprint density at radius 3 is 2.59 bits per heavy atom. The molecule has 0 aliphatic carbocycles. The van der Waals surface area contributed by atoms with E-state index >= 15 is 0 Å². The largest absolute Gasteiger partial charge is 0.497 e. The number of fused-ring (bicyclic) bond motifs is 1. The highest BCUT2D eigenvalue weighted by atomic mass is 16.5. The van der Waals surface area contributed by atoms with Gasteiger partial charge in [-0.15, -0.1) is 0 Å². The van der Waals surface area contributed by atoms with Crippen LogP contribution < -0.4 is 21.0 Å². The van der Waals surface area contributed by atoms with Crippen LogP contribution in [0.4, 0.5) is 0 Å². The molecule has 0 radical (unpaired) electrons. The molecule has 0 saturated carbocycles. The number of benzene rings is 3. The van der Waals surface area contributed by atoms with Gasteiger partial charge in [-0.2, -0.15) is 5.10 Å². The molecule has 1 fully saturated rings. The predicted molar refractivity (Wildman–Crippen MR) is 115 cm³/mol. The van der Waals surface area contributed by atoms with Crippen LogP contribution in [0.1, 0.15) is 30.5 Å². The van der Waals surface area contributed by atoms with Crippen LogP contribution in [-0.2, 0) is 4.79 Å². The van der Waals surface area contributed by atoms with Crippen molar-refractivity contribution in [3.05, 3.63) is 77.9 Å². The van der Waals surface area contributed by atoms with E-state index in [0.717, 1.165) is 17.0 Å². The number of hydrazine groups is 1. The van der Waals surface area contributed by atoms with Gasteiger partial charge in [0.05, 0.1) is 12.8 Å². The fourth-order valence-corrected chi connectivity index (χ4v) is 3.60. The lowest BCUT2D eigenvalue weighted by molar-refractivity contribution is -0.122. The van der Waals surface area contributed by atoms with Crippen molar-refractivity contribution in [2.45, 2.75) is 25.4 Å². The number of methoxy groups -OCH3 is 1. The summed E-state index contributed by atoms with van der Waals surface area (Å²) in [5.41, 5.74) is 11.9. The van der Waals surface area contributed by atoms with Crippen molar-refractivity contribution in [2.24, 2.45) is 5.10 Å². The first kappa shape index (κ1) is 19.1. The van der Waals surface area contributed by atoms with Crippen molar-refractivity contribution in [3.8, 4) is 5.75 Å². The van der Waals surface area contributed by atoms with Crippen LogP contribution >= 0.6 is 0 Å².